The lowest BCUT2D eigenvalue weighted by atomic mass is 9.91. The maximum absolute atomic E-state index is 15.2. The fraction of sp³-hybridized carbons (Fsp3) is 0.308. The molecule has 0 atom stereocenters. The van der Waals surface area contributed by atoms with Crippen molar-refractivity contribution in [2.24, 2.45) is 0 Å². The molecule has 0 amide bonds. The van der Waals surface area contributed by atoms with Crippen LogP contribution in [0.2, 0.25) is 5.02 Å². The van der Waals surface area contributed by atoms with Gasteiger partial charge >= 0.3 is 57.1 Å². The summed E-state index contributed by atoms with van der Waals surface area (Å²) in [7, 11) is -12.5. The van der Waals surface area contributed by atoms with Crippen molar-refractivity contribution < 1.29 is 86.7 Å². The van der Waals surface area contributed by atoms with E-state index in [2.05, 4.69) is 3.63 Å². The van der Waals surface area contributed by atoms with Gasteiger partial charge in [-0.25, -0.2) is 3.63 Å². The molecule has 0 radical (unpaired) electrons. The Hall–Kier alpha value is -2.98. The molecule has 274 valence electrons. The minimum atomic E-state index is -8.97. The summed E-state index contributed by atoms with van der Waals surface area (Å²) in [5.74, 6) is -52.4. The van der Waals surface area contributed by atoms with Crippen LogP contribution in [0.3, 0.4) is 0 Å². The molecular weight excluding hydrogens is 783 g/mol. The van der Waals surface area contributed by atoms with Crippen LogP contribution in [0.4, 0.5) is 74.6 Å². The number of halogens is 18. The van der Waals surface area contributed by atoms with Crippen molar-refractivity contribution >= 4 is 32.0 Å². The average Bonchev–Trinajstić information content (AvgIpc) is 3.00. The Morgan fingerprint density at radius 1 is 0.429 bits per heavy atom. The van der Waals surface area contributed by atoms with Crippen molar-refractivity contribution in [3.8, 4) is 0 Å². The van der Waals surface area contributed by atoms with Gasteiger partial charge in [-0.15, -0.1) is 0 Å². The number of hydrogen-bond acceptors (Lipinski definition) is 3. The Morgan fingerprint density at radius 2 is 0.735 bits per heavy atom. The molecule has 3 aromatic carbocycles. The highest BCUT2D eigenvalue weighted by molar-refractivity contribution is 8.33. The molecule has 0 saturated heterocycles. The monoisotopic (exact) mass is 796 g/mol. The van der Waals surface area contributed by atoms with Gasteiger partial charge < -0.3 is 0 Å². The molecule has 0 fully saturated rings. The molecule has 0 aliphatic carbocycles. The molecule has 49 heavy (non-hydrogen) atoms. The predicted octanol–water partition coefficient (Wildman–Crippen LogP) is 10.8. The van der Waals surface area contributed by atoms with E-state index < -0.39 is 82.1 Å². The van der Waals surface area contributed by atoms with Gasteiger partial charge in [-0.3, -0.25) is 0 Å². The molecule has 0 aliphatic heterocycles. The van der Waals surface area contributed by atoms with Crippen molar-refractivity contribution in [1.82, 2.24) is 0 Å². The summed E-state index contributed by atoms with van der Waals surface area (Å²) in [6.07, 6.45) is -7.93. The molecule has 3 nitrogen and oxygen atoms in total. The van der Waals surface area contributed by atoms with Crippen LogP contribution in [0, 0.1) is 0 Å². The number of hydrogen-bond donors (Lipinski definition) is 0. The van der Waals surface area contributed by atoms with E-state index in [1.165, 1.54) is 12.1 Å². The third kappa shape index (κ3) is 5.88. The van der Waals surface area contributed by atoms with Crippen LogP contribution in [0.5, 0.6) is 0 Å². The Balaban J connectivity index is 2.30. The van der Waals surface area contributed by atoms with Gasteiger partial charge in [-0.1, -0.05) is 48.0 Å². The predicted molar refractivity (Wildman–Crippen MR) is 137 cm³/mol. The van der Waals surface area contributed by atoms with Gasteiger partial charge in [0.25, 0.3) is 0 Å². The summed E-state index contributed by atoms with van der Waals surface area (Å²) in [6.45, 7) is 0. The van der Waals surface area contributed by atoms with Crippen LogP contribution in [-0.2, 0) is 13.7 Å². The zero-order chi connectivity index (χ0) is 37.9. The van der Waals surface area contributed by atoms with E-state index >= 15 is 8.78 Å². The highest BCUT2D eigenvalue weighted by atomic mass is 35.5. The Kier molecular flexibility index (Phi) is 10.2. The molecule has 0 bridgehead atoms. The first-order valence-corrected chi connectivity index (χ1v) is 15.6. The Morgan fingerprint density at radius 3 is 1.08 bits per heavy atom. The fourth-order valence-corrected chi connectivity index (χ4v) is 9.20. The highest BCUT2D eigenvalue weighted by Crippen LogP contribution is 2.72. The first-order chi connectivity index (χ1) is 21.9. The van der Waals surface area contributed by atoms with Gasteiger partial charge in [-0.2, -0.15) is 83.1 Å². The topological polar surface area (TPSA) is 43.4 Å². The first-order valence-electron chi connectivity index (χ1n) is 12.3. The molecule has 0 heterocycles. The minimum absolute atomic E-state index is 0.131. The molecule has 0 unspecified atom stereocenters. The minimum Gasteiger partial charge on any atom is -0.202 e. The van der Waals surface area contributed by atoms with E-state index in [0.29, 0.717) is 0 Å². The van der Waals surface area contributed by atoms with Crippen LogP contribution < -0.4 is 0 Å². The van der Waals surface area contributed by atoms with Crippen molar-refractivity contribution in [3.05, 3.63) is 90.0 Å². The normalized spacial score (nSPS) is 15.3. The number of benzene rings is 3. The molecule has 3 rings (SSSR count). The fourth-order valence-electron chi connectivity index (χ4n) is 3.86. The standard InChI is InChI=1S/C26H14ClF17O3S2/c27-15-11-13-18(14-12-15)48(16-7-3-1-4-8-16,17-9-5-2-6-10-17)47-49(45,46)26(43,44)24(38,39)22(34,35)20(30,31)19(28,29)21(32,33)23(36,37)25(40,41)42/h1-14H. The maximum Gasteiger partial charge on any atom is 0.460 e. The lowest BCUT2D eigenvalue weighted by Gasteiger charge is -2.43. The third-order valence-corrected chi connectivity index (χ3v) is 12.0. The van der Waals surface area contributed by atoms with Crippen LogP contribution in [-0.4, -0.2) is 55.4 Å². The average molecular weight is 797 g/mol. The largest absolute Gasteiger partial charge is 0.460 e. The third-order valence-electron chi connectivity index (χ3n) is 6.49. The first kappa shape index (κ1) is 40.4. The van der Waals surface area contributed by atoms with Crippen LogP contribution in [0.15, 0.2) is 99.6 Å². The molecule has 3 aromatic rings. The van der Waals surface area contributed by atoms with Crippen LogP contribution in [0.1, 0.15) is 0 Å². The summed E-state index contributed by atoms with van der Waals surface area (Å²) in [5.41, 5.74) is 0. The van der Waals surface area contributed by atoms with Crippen LogP contribution in [0.25, 0.3) is 0 Å². The molecule has 0 saturated carbocycles. The Bertz CT molecular complexity index is 1690. The lowest BCUT2D eigenvalue weighted by Crippen LogP contribution is -2.75. The number of alkyl halides is 17. The SMILES string of the molecule is O=S(=O)(OS(c1ccccc1)(c1ccccc1)c1ccc(Cl)cc1)C(F)(F)C(F)(F)C(F)(F)C(F)(F)C(F)(F)C(F)(F)C(F)(F)C(F)(F)F. The second-order valence-electron chi connectivity index (χ2n) is 9.62. The van der Waals surface area contributed by atoms with E-state index in [9.17, 15) is 74.3 Å². The molecule has 0 aliphatic rings. The highest BCUT2D eigenvalue weighted by Gasteiger charge is 2.96. The second kappa shape index (κ2) is 12.4. The Labute approximate surface area is 270 Å². The number of rotatable bonds is 12. The van der Waals surface area contributed by atoms with E-state index in [1.807, 2.05) is 0 Å². The van der Waals surface area contributed by atoms with Gasteiger partial charge in [0.15, 0.2) is 0 Å². The summed E-state index contributed by atoms with van der Waals surface area (Å²) < 4.78 is 267. The van der Waals surface area contributed by atoms with Crippen molar-refractivity contribution in [2.45, 2.75) is 61.7 Å². The lowest BCUT2D eigenvalue weighted by molar-refractivity contribution is -0.458. The van der Waals surface area contributed by atoms with Crippen molar-refractivity contribution in [2.75, 3.05) is 0 Å². The molecular formula is C26H14ClF17O3S2. The molecule has 0 N–H and O–H groups in total. The van der Waals surface area contributed by atoms with Gasteiger partial charge in [0.2, 0.25) is 0 Å². The van der Waals surface area contributed by atoms with Crippen molar-refractivity contribution in [3.63, 3.8) is 0 Å². The van der Waals surface area contributed by atoms with E-state index in [4.69, 9.17) is 11.6 Å². The van der Waals surface area contributed by atoms with Gasteiger partial charge in [-0.05, 0) is 58.8 Å². The van der Waals surface area contributed by atoms with Crippen LogP contribution >= 0.6 is 21.9 Å². The smallest absolute Gasteiger partial charge is 0.202 e. The van der Waals surface area contributed by atoms with Crippen molar-refractivity contribution in [1.29, 1.82) is 0 Å². The molecule has 23 heteroatoms. The summed E-state index contributed by atoms with van der Waals surface area (Å²) in [4.78, 5) is -1.61. The van der Waals surface area contributed by atoms with E-state index in [0.717, 1.165) is 72.8 Å². The second-order valence-corrected chi connectivity index (χ2v) is 14.5. The summed E-state index contributed by atoms with van der Waals surface area (Å²) >= 11 is 5.79. The zero-order valence-corrected chi connectivity index (χ0v) is 25.3. The molecule has 0 aromatic heterocycles. The van der Waals surface area contributed by atoms with Gasteiger partial charge in [0.05, 0.1) is 0 Å². The molecule has 0 spiro atoms. The van der Waals surface area contributed by atoms with Gasteiger partial charge in [0.1, 0.15) is 0 Å². The van der Waals surface area contributed by atoms with Gasteiger partial charge in [0, 0.05) is 19.7 Å². The van der Waals surface area contributed by atoms with E-state index in [1.54, 1.807) is 0 Å². The maximum atomic E-state index is 15.2. The summed E-state index contributed by atoms with van der Waals surface area (Å²) in [6, 6.07) is 14.2. The summed E-state index contributed by atoms with van der Waals surface area (Å²) in [5, 5.41) is -8.01. The quantitative estimate of drug-likeness (QED) is 0.172. The van der Waals surface area contributed by atoms with E-state index in [-0.39, 0.29) is 5.02 Å². The zero-order valence-electron chi connectivity index (χ0n) is 22.9.